The van der Waals surface area contributed by atoms with E-state index < -0.39 is 0 Å². The summed E-state index contributed by atoms with van der Waals surface area (Å²) < 4.78 is 5.46. The monoisotopic (exact) mass is 245 g/mol. The van der Waals surface area contributed by atoms with Gasteiger partial charge in [0.15, 0.2) is 0 Å². The van der Waals surface area contributed by atoms with Crippen LogP contribution in [0.3, 0.4) is 0 Å². The van der Waals surface area contributed by atoms with Gasteiger partial charge in [-0.05, 0) is 31.4 Å². The minimum Gasteiger partial charge on any atom is -0.495 e. The lowest BCUT2D eigenvalue weighted by molar-refractivity contribution is -0.121. The zero-order chi connectivity index (χ0) is 12.5. The molecule has 0 saturated carbocycles. The summed E-state index contributed by atoms with van der Waals surface area (Å²) in [6.45, 7) is 0. The number of ether oxygens (including phenoxy) is 1. The molecule has 0 amide bonds. The SMILES string of the molecule is COc1ccccc1N1C2CCCC1CC(=O)C2. The molecule has 2 heterocycles. The van der Waals surface area contributed by atoms with Crippen LogP contribution in [0, 0.1) is 0 Å². The fraction of sp³-hybridized carbons (Fsp3) is 0.533. The average molecular weight is 245 g/mol. The van der Waals surface area contributed by atoms with Crippen molar-refractivity contribution in [3.63, 3.8) is 0 Å². The Morgan fingerprint density at radius 3 is 2.50 bits per heavy atom. The molecular formula is C15H19NO2. The first-order valence-electron chi connectivity index (χ1n) is 6.72. The normalized spacial score (nSPS) is 27.2. The Morgan fingerprint density at radius 2 is 1.83 bits per heavy atom. The highest BCUT2D eigenvalue weighted by Crippen LogP contribution is 2.40. The predicted molar refractivity (Wildman–Crippen MR) is 71.1 cm³/mol. The highest BCUT2D eigenvalue weighted by Gasteiger charge is 2.38. The summed E-state index contributed by atoms with van der Waals surface area (Å²) in [6, 6.07) is 8.90. The molecular weight excluding hydrogens is 226 g/mol. The number of fused-ring (bicyclic) bond motifs is 2. The Labute approximate surface area is 108 Å². The second-order valence-corrected chi connectivity index (χ2v) is 5.26. The van der Waals surface area contributed by atoms with Gasteiger partial charge in [-0.1, -0.05) is 12.1 Å². The molecule has 3 nitrogen and oxygen atoms in total. The van der Waals surface area contributed by atoms with Crippen LogP contribution in [0.25, 0.3) is 0 Å². The molecule has 0 aromatic heterocycles. The fourth-order valence-electron chi connectivity index (χ4n) is 3.41. The van der Waals surface area contributed by atoms with E-state index in [2.05, 4.69) is 11.0 Å². The molecule has 1 aromatic rings. The number of anilines is 1. The molecule has 2 aliphatic rings. The molecule has 3 heteroatoms. The lowest BCUT2D eigenvalue weighted by atomic mass is 9.83. The standard InChI is InChI=1S/C15H19NO2/c1-18-15-8-3-2-7-14(15)16-11-5-4-6-12(16)10-13(17)9-11/h2-3,7-8,11-12H,4-6,9-10H2,1H3. The number of benzene rings is 1. The maximum atomic E-state index is 11.8. The van der Waals surface area contributed by atoms with Crippen molar-refractivity contribution in [2.75, 3.05) is 12.0 Å². The number of Topliss-reactive ketones (excluding diaryl/α,β-unsaturated/α-hetero) is 1. The number of carbonyl (C=O) groups is 1. The van der Waals surface area contributed by atoms with E-state index in [-0.39, 0.29) is 0 Å². The zero-order valence-corrected chi connectivity index (χ0v) is 10.8. The third kappa shape index (κ3) is 1.88. The van der Waals surface area contributed by atoms with Gasteiger partial charge < -0.3 is 9.64 Å². The van der Waals surface area contributed by atoms with Crippen LogP contribution in [-0.2, 0) is 4.79 Å². The number of ketones is 1. The fourth-order valence-corrected chi connectivity index (χ4v) is 3.41. The van der Waals surface area contributed by atoms with E-state index in [0.29, 0.717) is 30.7 Å². The molecule has 18 heavy (non-hydrogen) atoms. The van der Waals surface area contributed by atoms with Crippen molar-refractivity contribution in [3.05, 3.63) is 24.3 Å². The van der Waals surface area contributed by atoms with Gasteiger partial charge in [0, 0.05) is 24.9 Å². The Kier molecular flexibility index (Phi) is 2.98. The van der Waals surface area contributed by atoms with E-state index in [4.69, 9.17) is 4.74 Å². The number of methoxy groups -OCH3 is 1. The summed E-state index contributed by atoms with van der Waals surface area (Å²) in [5, 5.41) is 0. The summed E-state index contributed by atoms with van der Waals surface area (Å²) >= 11 is 0. The molecule has 0 radical (unpaired) electrons. The first kappa shape index (κ1) is 11.6. The zero-order valence-electron chi connectivity index (χ0n) is 10.8. The van der Waals surface area contributed by atoms with Gasteiger partial charge in [-0.3, -0.25) is 4.79 Å². The van der Waals surface area contributed by atoms with Crippen molar-refractivity contribution in [3.8, 4) is 5.75 Å². The molecule has 0 N–H and O–H groups in total. The second-order valence-electron chi connectivity index (χ2n) is 5.26. The van der Waals surface area contributed by atoms with E-state index >= 15 is 0 Å². The van der Waals surface area contributed by atoms with Gasteiger partial charge >= 0.3 is 0 Å². The minimum atomic E-state index is 0.376. The predicted octanol–water partition coefficient (Wildman–Crippen LogP) is 2.79. The lowest BCUT2D eigenvalue weighted by Crippen LogP contribution is -2.52. The number of piperidine rings is 2. The van der Waals surface area contributed by atoms with Crippen LogP contribution >= 0.6 is 0 Å². The summed E-state index contributed by atoms with van der Waals surface area (Å²) in [7, 11) is 1.71. The van der Waals surface area contributed by atoms with Gasteiger partial charge in [0.1, 0.15) is 11.5 Å². The van der Waals surface area contributed by atoms with Crippen LogP contribution in [-0.4, -0.2) is 25.0 Å². The van der Waals surface area contributed by atoms with Crippen LogP contribution in [0.15, 0.2) is 24.3 Å². The van der Waals surface area contributed by atoms with Crippen LogP contribution in [0.2, 0.25) is 0 Å². The lowest BCUT2D eigenvalue weighted by Gasteiger charge is -2.47. The smallest absolute Gasteiger partial charge is 0.142 e. The first-order valence-corrected chi connectivity index (χ1v) is 6.72. The second kappa shape index (κ2) is 4.63. The van der Waals surface area contributed by atoms with Gasteiger partial charge in [-0.25, -0.2) is 0 Å². The quantitative estimate of drug-likeness (QED) is 0.802. The molecule has 2 unspecified atom stereocenters. The summed E-state index contributed by atoms with van der Waals surface area (Å²) in [5.41, 5.74) is 1.15. The van der Waals surface area contributed by atoms with Crippen molar-refractivity contribution in [2.24, 2.45) is 0 Å². The third-order valence-corrected chi connectivity index (χ3v) is 4.15. The van der Waals surface area contributed by atoms with Crippen molar-refractivity contribution >= 4 is 11.5 Å². The molecule has 2 fully saturated rings. The molecule has 2 aliphatic heterocycles. The van der Waals surface area contributed by atoms with Gasteiger partial charge in [0.2, 0.25) is 0 Å². The molecule has 3 rings (SSSR count). The van der Waals surface area contributed by atoms with Crippen LogP contribution < -0.4 is 9.64 Å². The van der Waals surface area contributed by atoms with Crippen molar-refractivity contribution < 1.29 is 9.53 Å². The van der Waals surface area contributed by atoms with Gasteiger partial charge in [-0.15, -0.1) is 0 Å². The molecule has 1 aromatic carbocycles. The number of rotatable bonds is 2. The van der Waals surface area contributed by atoms with Crippen molar-refractivity contribution in [2.45, 2.75) is 44.2 Å². The average Bonchev–Trinajstić information content (AvgIpc) is 2.37. The minimum absolute atomic E-state index is 0.376. The molecule has 0 spiro atoms. The van der Waals surface area contributed by atoms with Gasteiger partial charge in [0.25, 0.3) is 0 Å². The Morgan fingerprint density at radius 1 is 1.17 bits per heavy atom. The summed E-state index contributed by atoms with van der Waals surface area (Å²) in [4.78, 5) is 14.2. The molecule has 2 atom stereocenters. The Hall–Kier alpha value is -1.51. The van der Waals surface area contributed by atoms with E-state index in [1.54, 1.807) is 7.11 Å². The third-order valence-electron chi connectivity index (χ3n) is 4.15. The molecule has 0 aliphatic carbocycles. The topological polar surface area (TPSA) is 29.5 Å². The van der Waals surface area contributed by atoms with Crippen LogP contribution in [0.5, 0.6) is 5.75 Å². The maximum Gasteiger partial charge on any atom is 0.142 e. The van der Waals surface area contributed by atoms with Crippen LogP contribution in [0.1, 0.15) is 32.1 Å². The molecule has 2 bridgehead atoms. The van der Waals surface area contributed by atoms with Crippen molar-refractivity contribution in [1.29, 1.82) is 0 Å². The van der Waals surface area contributed by atoms with E-state index in [1.165, 1.54) is 6.42 Å². The van der Waals surface area contributed by atoms with Gasteiger partial charge in [0.05, 0.1) is 12.8 Å². The number of hydrogen-bond donors (Lipinski definition) is 0. The largest absolute Gasteiger partial charge is 0.495 e. The number of carbonyl (C=O) groups excluding carboxylic acids is 1. The van der Waals surface area contributed by atoms with Gasteiger partial charge in [-0.2, -0.15) is 0 Å². The number of para-hydroxylation sites is 2. The summed E-state index contributed by atoms with van der Waals surface area (Å²) in [6.07, 6.45) is 4.90. The highest BCUT2D eigenvalue weighted by molar-refractivity contribution is 5.83. The Balaban J connectivity index is 1.97. The molecule has 96 valence electrons. The maximum absolute atomic E-state index is 11.8. The van der Waals surface area contributed by atoms with E-state index in [9.17, 15) is 4.79 Å². The van der Waals surface area contributed by atoms with Crippen molar-refractivity contribution in [1.82, 2.24) is 0 Å². The number of hydrogen-bond acceptors (Lipinski definition) is 3. The summed E-state index contributed by atoms with van der Waals surface area (Å²) in [5.74, 6) is 1.35. The van der Waals surface area contributed by atoms with E-state index in [1.807, 2.05) is 18.2 Å². The first-order chi connectivity index (χ1) is 8.79. The van der Waals surface area contributed by atoms with E-state index in [0.717, 1.165) is 24.3 Å². The molecule has 2 saturated heterocycles. The Bertz CT molecular complexity index is 442. The number of nitrogens with zero attached hydrogens (tertiary/aromatic N) is 1. The highest BCUT2D eigenvalue weighted by atomic mass is 16.5. The van der Waals surface area contributed by atoms with Crippen LogP contribution in [0.4, 0.5) is 5.69 Å².